The molecule has 2 aromatic heterocycles. The first-order chi connectivity index (χ1) is 16.6. The average Bonchev–Trinajstić information content (AvgIpc) is 3.21. The summed E-state index contributed by atoms with van der Waals surface area (Å²) in [7, 11) is 0. The fraction of sp³-hybridized carbons (Fsp3) is 0.520. The lowest BCUT2D eigenvalue weighted by molar-refractivity contribution is -0.274. The minimum atomic E-state index is -1.27. The summed E-state index contributed by atoms with van der Waals surface area (Å²) in [6.07, 6.45) is 2.20. The van der Waals surface area contributed by atoms with Crippen LogP contribution < -0.4 is 10.7 Å². The minimum Gasteiger partial charge on any atom is -0.530 e. The van der Waals surface area contributed by atoms with Crippen molar-refractivity contribution in [3.05, 3.63) is 63.1 Å². The van der Waals surface area contributed by atoms with Gasteiger partial charge in [-0.1, -0.05) is 29.8 Å². The normalized spacial score (nSPS) is 15.9. The molecule has 9 nitrogen and oxygen atoms in total. The van der Waals surface area contributed by atoms with Gasteiger partial charge in [-0.15, -0.1) is 5.10 Å². The van der Waals surface area contributed by atoms with E-state index in [4.69, 9.17) is 16.3 Å². The van der Waals surface area contributed by atoms with Crippen LogP contribution in [0.2, 0.25) is 5.28 Å². The van der Waals surface area contributed by atoms with Crippen molar-refractivity contribution < 1.29 is 14.6 Å². The third kappa shape index (κ3) is 5.21. The molecule has 1 saturated heterocycles. The second kappa shape index (κ2) is 9.99. The Morgan fingerprint density at radius 1 is 1.31 bits per heavy atom. The fourth-order valence-corrected chi connectivity index (χ4v) is 5.08. The predicted octanol–water partition coefficient (Wildman–Crippen LogP) is 3.32. The van der Waals surface area contributed by atoms with Crippen LogP contribution in [0.15, 0.2) is 35.3 Å². The number of carbonyl (C=O) groups is 1. The maximum Gasteiger partial charge on any atom is 0.280 e. The number of aromatic nitrogens is 4. The second-order valence-electron chi connectivity index (χ2n) is 10.1. The molecule has 188 valence electrons. The van der Waals surface area contributed by atoms with E-state index in [1.54, 1.807) is 0 Å². The summed E-state index contributed by atoms with van der Waals surface area (Å²) in [4.78, 5) is 31.4. The smallest absolute Gasteiger partial charge is 0.280 e. The first-order valence-corrected chi connectivity index (χ1v) is 12.2. The number of rotatable bonds is 6. The largest absolute Gasteiger partial charge is 0.530 e. The topological polar surface area (TPSA) is 105 Å². The first-order valence-electron chi connectivity index (χ1n) is 11.9. The summed E-state index contributed by atoms with van der Waals surface area (Å²) >= 11 is 6.50. The van der Waals surface area contributed by atoms with Gasteiger partial charge >= 0.3 is 0 Å². The van der Waals surface area contributed by atoms with Crippen molar-refractivity contribution >= 4 is 23.2 Å². The molecule has 1 amide bonds. The van der Waals surface area contributed by atoms with Gasteiger partial charge in [-0.2, -0.15) is 0 Å². The number of aryl methyl sites for hydroxylation is 1. The number of amides is 1. The number of fused-ring (bicyclic) bond motifs is 1. The van der Waals surface area contributed by atoms with E-state index >= 15 is 0 Å². The van der Waals surface area contributed by atoms with E-state index in [9.17, 15) is 14.7 Å². The van der Waals surface area contributed by atoms with Crippen molar-refractivity contribution in [1.29, 1.82) is 0 Å². The first kappa shape index (κ1) is 25.2. The zero-order chi connectivity index (χ0) is 25.3. The van der Waals surface area contributed by atoms with Gasteiger partial charge in [-0.25, -0.2) is 9.50 Å². The van der Waals surface area contributed by atoms with Gasteiger partial charge in [-0.3, -0.25) is 9.36 Å². The molecule has 35 heavy (non-hydrogen) atoms. The third-order valence-electron chi connectivity index (χ3n) is 6.50. The van der Waals surface area contributed by atoms with Gasteiger partial charge in [0.05, 0.1) is 12.2 Å². The molecule has 1 aliphatic rings. The zero-order valence-corrected chi connectivity index (χ0v) is 21.3. The Bertz CT molecular complexity index is 1270. The van der Waals surface area contributed by atoms with Gasteiger partial charge in [0.25, 0.3) is 5.56 Å². The Morgan fingerprint density at radius 3 is 2.66 bits per heavy atom. The highest BCUT2D eigenvalue weighted by atomic mass is 35.5. The summed E-state index contributed by atoms with van der Waals surface area (Å²) in [5.74, 6) is 0.863. The molecule has 0 spiro atoms. The molecular formula is C25H31ClN5O4-. The number of carbonyl (C=O) groups excluding carboxylic acids is 1. The quantitative estimate of drug-likeness (QED) is 0.514. The molecule has 3 heterocycles. The van der Waals surface area contributed by atoms with Crippen molar-refractivity contribution in [1.82, 2.24) is 24.1 Å². The van der Waals surface area contributed by atoms with Crippen molar-refractivity contribution in [2.75, 3.05) is 13.2 Å². The highest BCUT2D eigenvalue weighted by Gasteiger charge is 2.31. The van der Waals surface area contributed by atoms with Crippen molar-refractivity contribution in [2.45, 2.75) is 71.0 Å². The molecule has 1 aromatic carbocycles. The molecule has 0 bridgehead atoms. The molecule has 0 aliphatic carbocycles. The summed E-state index contributed by atoms with van der Waals surface area (Å²) in [5, 5.41) is 16.7. The molecule has 1 fully saturated rings. The van der Waals surface area contributed by atoms with Crippen LogP contribution in [-0.2, 0) is 11.3 Å². The van der Waals surface area contributed by atoms with Crippen molar-refractivity contribution in [3.63, 3.8) is 0 Å². The number of nitrogens with zero attached hydrogens (tertiary/aromatic N) is 5. The van der Waals surface area contributed by atoms with Crippen LogP contribution in [0.3, 0.4) is 0 Å². The van der Waals surface area contributed by atoms with Gasteiger partial charge in [0.1, 0.15) is 11.9 Å². The second-order valence-corrected chi connectivity index (χ2v) is 10.4. The molecule has 10 heteroatoms. The Kier molecular flexibility index (Phi) is 7.19. The van der Waals surface area contributed by atoms with E-state index in [-0.39, 0.29) is 23.3 Å². The van der Waals surface area contributed by atoms with Gasteiger partial charge in [-0.05, 0) is 64.1 Å². The predicted molar refractivity (Wildman–Crippen MR) is 131 cm³/mol. The van der Waals surface area contributed by atoms with E-state index < -0.39 is 17.7 Å². The van der Waals surface area contributed by atoms with Crippen LogP contribution in [0, 0.1) is 6.92 Å². The summed E-state index contributed by atoms with van der Waals surface area (Å²) in [5.41, 5.74) is 1.16. The lowest BCUT2D eigenvalue weighted by Gasteiger charge is -2.44. The molecule has 4 rings (SSSR count). The van der Waals surface area contributed by atoms with Crippen molar-refractivity contribution in [3.8, 4) is 0 Å². The summed E-state index contributed by atoms with van der Waals surface area (Å²) in [6, 6.07) is 7.15. The van der Waals surface area contributed by atoms with Gasteiger partial charge < -0.3 is 19.5 Å². The van der Waals surface area contributed by atoms with E-state index in [0.717, 1.165) is 24.0 Å². The highest BCUT2D eigenvalue weighted by Crippen LogP contribution is 2.32. The number of halogens is 1. The standard InChI is InChI=1S/C25H32ClN5O4/c1-16-6-5-7-18(14-16)19(30(24(33)34)25(2,3)4)8-11-29-22(32)20-15-27-21(31(20)28-23(29)26)17-9-12-35-13-10-17/h5-7,14-15,17,19H,8-13H2,1-4H3,(H,33,34)/p-1. The van der Waals surface area contributed by atoms with Gasteiger partial charge in [0.2, 0.25) is 5.28 Å². The van der Waals surface area contributed by atoms with Crippen LogP contribution in [0.25, 0.3) is 5.52 Å². The Morgan fingerprint density at radius 2 is 2.03 bits per heavy atom. The number of carboxylic acid groups (broad SMARTS) is 1. The molecule has 1 aliphatic heterocycles. The summed E-state index contributed by atoms with van der Waals surface area (Å²) < 4.78 is 8.35. The van der Waals surface area contributed by atoms with Crippen LogP contribution in [0.5, 0.6) is 0 Å². The maximum absolute atomic E-state index is 13.4. The Balaban J connectivity index is 1.69. The molecule has 0 N–H and O–H groups in total. The van der Waals surface area contributed by atoms with Crippen LogP contribution in [0.4, 0.5) is 4.79 Å². The maximum atomic E-state index is 13.4. The average molecular weight is 501 g/mol. The van der Waals surface area contributed by atoms with Gasteiger partial charge in [0, 0.05) is 31.2 Å². The van der Waals surface area contributed by atoms with E-state index in [2.05, 4.69) is 10.1 Å². The number of benzene rings is 1. The third-order valence-corrected chi connectivity index (χ3v) is 6.78. The number of imidazole rings is 1. The minimum absolute atomic E-state index is 0.0348. The lowest BCUT2D eigenvalue weighted by Crippen LogP contribution is -2.53. The molecular weight excluding hydrogens is 470 g/mol. The molecule has 3 aromatic rings. The molecule has 0 radical (unpaired) electrons. The van der Waals surface area contributed by atoms with Crippen molar-refractivity contribution in [2.24, 2.45) is 0 Å². The highest BCUT2D eigenvalue weighted by molar-refractivity contribution is 6.28. The van der Waals surface area contributed by atoms with Crippen LogP contribution in [0.1, 0.15) is 68.9 Å². The van der Waals surface area contributed by atoms with E-state index in [1.807, 2.05) is 52.0 Å². The summed E-state index contributed by atoms with van der Waals surface area (Å²) in [6.45, 7) is 8.89. The van der Waals surface area contributed by atoms with Crippen LogP contribution >= 0.6 is 11.6 Å². The van der Waals surface area contributed by atoms with Gasteiger partial charge in [0.15, 0.2) is 5.52 Å². The number of ether oxygens (including phenoxy) is 1. The molecule has 0 saturated carbocycles. The SMILES string of the molecule is Cc1cccc(C(CCn2c(Cl)nn3c(C4CCOCC4)ncc3c2=O)N(C(=O)[O-])C(C)(C)C)c1. The zero-order valence-electron chi connectivity index (χ0n) is 20.5. The van der Waals surface area contributed by atoms with E-state index in [1.165, 1.54) is 20.2 Å². The fourth-order valence-electron chi connectivity index (χ4n) is 4.84. The molecule has 1 atom stereocenters. The van der Waals surface area contributed by atoms with E-state index in [0.29, 0.717) is 31.0 Å². The Labute approximate surface area is 209 Å². The van der Waals surface area contributed by atoms with Crippen LogP contribution in [-0.4, -0.2) is 48.9 Å². The molecule has 1 unspecified atom stereocenters. The Hall–Kier alpha value is -2.91. The monoisotopic (exact) mass is 500 g/mol. The number of hydrogen-bond donors (Lipinski definition) is 0. The lowest BCUT2D eigenvalue weighted by atomic mass is 9.95. The number of hydrogen-bond acceptors (Lipinski definition) is 6.